The summed E-state index contributed by atoms with van der Waals surface area (Å²) in [4.78, 5) is 30.5. The van der Waals surface area contributed by atoms with E-state index in [4.69, 9.17) is 14.5 Å². The fourth-order valence-electron chi connectivity index (χ4n) is 3.57. The standard InChI is InChI=1S/C25H24N4O4/c1-15(2)29-23-20(14-26-29)18(13-22(27-23)16-8-6-5-7-9-16)24(30)28-21-11-10-17(32-3)12-19(21)25(31)33-4/h5-15H,1-4H3,(H,28,30). The van der Waals surface area contributed by atoms with Gasteiger partial charge in [0.2, 0.25) is 0 Å². The van der Waals surface area contributed by atoms with Crippen molar-refractivity contribution in [2.24, 2.45) is 0 Å². The van der Waals surface area contributed by atoms with Gasteiger partial charge in [-0.05, 0) is 38.1 Å². The quantitative estimate of drug-likeness (QED) is 0.432. The highest BCUT2D eigenvalue weighted by atomic mass is 16.5. The summed E-state index contributed by atoms with van der Waals surface area (Å²) in [6.07, 6.45) is 1.64. The van der Waals surface area contributed by atoms with Gasteiger partial charge in [-0.1, -0.05) is 30.3 Å². The molecule has 2 aromatic carbocycles. The van der Waals surface area contributed by atoms with Crippen LogP contribution in [0.5, 0.6) is 5.75 Å². The van der Waals surface area contributed by atoms with Crippen LogP contribution in [0.25, 0.3) is 22.3 Å². The monoisotopic (exact) mass is 444 g/mol. The fraction of sp³-hybridized carbons (Fsp3) is 0.200. The summed E-state index contributed by atoms with van der Waals surface area (Å²) in [5.74, 6) is -0.496. The molecule has 1 amide bonds. The molecule has 2 aromatic heterocycles. The lowest BCUT2D eigenvalue weighted by atomic mass is 10.1. The Labute approximate surface area is 191 Å². The number of methoxy groups -OCH3 is 2. The lowest BCUT2D eigenvalue weighted by Crippen LogP contribution is -2.16. The molecule has 0 radical (unpaired) electrons. The number of rotatable bonds is 6. The molecule has 0 bridgehead atoms. The molecule has 0 atom stereocenters. The highest BCUT2D eigenvalue weighted by molar-refractivity contribution is 6.14. The molecule has 0 aliphatic heterocycles. The first-order valence-electron chi connectivity index (χ1n) is 10.4. The van der Waals surface area contributed by atoms with Gasteiger partial charge in [0.15, 0.2) is 5.65 Å². The smallest absolute Gasteiger partial charge is 0.340 e. The molecule has 4 aromatic rings. The zero-order valence-electron chi connectivity index (χ0n) is 18.8. The van der Waals surface area contributed by atoms with Crippen molar-refractivity contribution in [1.82, 2.24) is 14.8 Å². The van der Waals surface area contributed by atoms with E-state index in [0.29, 0.717) is 33.7 Å². The van der Waals surface area contributed by atoms with Crippen molar-refractivity contribution in [3.05, 3.63) is 71.9 Å². The lowest BCUT2D eigenvalue weighted by molar-refractivity contribution is 0.0601. The number of hydrogen-bond acceptors (Lipinski definition) is 6. The largest absolute Gasteiger partial charge is 0.497 e. The molecule has 168 valence electrons. The maximum Gasteiger partial charge on any atom is 0.340 e. The second-order valence-electron chi connectivity index (χ2n) is 7.70. The maximum atomic E-state index is 13.4. The first-order valence-corrected chi connectivity index (χ1v) is 10.4. The Kier molecular flexibility index (Phi) is 6.08. The van der Waals surface area contributed by atoms with E-state index < -0.39 is 11.9 Å². The Hall–Kier alpha value is -4.20. The van der Waals surface area contributed by atoms with Gasteiger partial charge in [0.25, 0.3) is 5.91 Å². The van der Waals surface area contributed by atoms with Gasteiger partial charge in [0.05, 0.1) is 48.3 Å². The minimum Gasteiger partial charge on any atom is -0.497 e. The van der Waals surface area contributed by atoms with E-state index in [0.717, 1.165) is 5.56 Å². The minimum absolute atomic E-state index is 0.0597. The van der Waals surface area contributed by atoms with E-state index in [1.807, 2.05) is 44.2 Å². The van der Waals surface area contributed by atoms with E-state index in [9.17, 15) is 9.59 Å². The molecule has 0 fully saturated rings. The molecule has 2 heterocycles. The number of fused-ring (bicyclic) bond motifs is 1. The van der Waals surface area contributed by atoms with Crippen LogP contribution in [0, 0.1) is 0 Å². The summed E-state index contributed by atoms with van der Waals surface area (Å²) in [6, 6.07) is 16.2. The molecule has 0 spiro atoms. The van der Waals surface area contributed by atoms with E-state index >= 15 is 0 Å². The number of amides is 1. The third kappa shape index (κ3) is 4.27. The molecular weight excluding hydrogens is 420 g/mol. The first-order chi connectivity index (χ1) is 15.9. The third-order valence-corrected chi connectivity index (χ3v) is 5.25. The number of nitrogens with zero attached hydrogens (tertiary/aromatic N) is 3. The normalized spacial score (nSPS) is 10.9. The highest BCUT2D eigenvalue weighted by Gasteiger charge is 2.21. The Morgan fingerprint density at radius 2 is 1.76 bits per heavy atom. The van der Waals surface area contributed by atoms with Crippen molar-refractivity contribution >= 4 is 28.6 Å². The molecule has 4 rings (SSSR count). The van der Waals surface area contributed by atoms with E-state index in [1.165, 1.54) is 20.3 Å². The van der Waals surface area contributed by atoms with E-state index in [-0.39, 0.29) is 11.6 Å². The van der Waals surface area contributed by atoms with Crippen LogP contribution in [0.4, 0.5) is 5.69 Å². The number of aromatic nitrogens is 3. The lowest BCUT2D eigenvalue weighted by Gasteiger charge is -2.13. The van der Waals surface area contributed by atoms with Crippen molar-refractivity contribution in [2.45, 2.75) is 19.9 Å². The number of carbonyl (C=O) groups is 2. The number of anilines is 1. The van der Waals surface area contributed by atoms with Crippen molar-refractivity contribution in [2.75, 3.05) is 19.5 Å². The van der Waals surface area contributed by atoms with E-state index in [2.05, 4.69) is 10.4 Å². The van der Waals surface area contributed by atoms with Crippen LogP contribution in [0.3, 0.4) is 0 Å². The Morgan fingerprint density at radius 3 is 2.42 bits per heavy atom. The molecule has 1 N–H and O–H groups in total. The molecule has 0 aliphatic rings. The molecule has 0 aliphatic carbocycles. The maximum absolute atomic E-state index is 13.4. The Morgan fingerprint density at radius 1 is 1.00 bits per heavy atom. The van der Waals surface area contributed by atoms with Crippen molar-refractivity contribution in [1.29, 1.82) is 0 Å². The van der Waals surface area contributed by atoms with Crippen LogP contribution in [0.1, 0.15) is 40.6 Å². The minimum atomic E-state index is -0.582. The number of benzene rings is 2. The number of nitrogens with one attached hydrogen (secondary N) is 1. The summed E-state index contributed by atoms with van der Waals surface area (Å²) >= 11 is 0. The van der Waals surface area contributed by atoms with Gasteiger partial charge < -0.3 is 14.8 Å². The second kappa shape index (κ2) is 9.12. The molecule has 0 saturated heterocycles. The zero-order valence-corrected chi connectivity index (χ0v) is 18.8. The Bertz CT molecular complexity index is 1330. The summed E-state index contributed by atoms with van der Waals surface area (Å²) in [5, 5.41) is 7.91. The fourth-order valence-corrected chi connectivity index (χ4v) is 3.57. The molecule has 0 saturated carbocycles. The van der Waals surface area contributed by atoms with E-state index in [1.54, 1.807) is 29.1 Å². The summed E-state index contributed by atoms with van der Waals surface area (Å²) in [5.41, 5.74) is 3.05. The van der Waals surface area contributed by atoms with Crippen LogP contribution in [-0.2, 0) is 4.74 Å². The van der Waals surface area contributed by atoms with Crippen LogP contribution in [0.2, 0.25) is 0 Å². The number of pyridine rings is 1. The molecule has 8 nitrogen and oxygen atoms in total. The summed E-state index contributed by atoms with van der Waals surface area (Å²) < 4.78 is 11.9. The second-order valence-corrected chi connectivity index (χ2v) is 7.70. The van der Waals surface area contributed by atoms with Crippen molar-refractivity contribution < 1.29 is 19.1 Å². The van der Waals surface area contributed by atoms with Crippen molar-refractivity contribution in [3.63, 3.8) is 0 Å². The van der Waals surface area contributed by atoms with Gasteiger partial charge in [-0.15, -0.1) is 0 Å². The highest BCUT2D eigenvalue weighted by Crippen LogP contribution is 2.28. The topological polar surface area (TPSA) is 95.3 Å². The molecular formula is C25H24N4O4. The third-order valence-electron chi connectivity index (χ3n) is 5.25. The SMILES string of the molecule is COC(=O)c1cc(OC)ccc1NC(=O)c1cc(-c2ccccc2)nc2c1cnn2C(C)C. The number of hydrogen-bond donors (Lipinski definition) is 1. The van der Waals surface area contributed by atoms with Crippen LogP contribution in [-0.4, -0.2) is 40.9 Å². The predicted molar refractivity (Wildman–Crippen MR) is 126 cm³/mol. The summed E-state index contributed by atoms with van der Waals surface area (Å²) in [7, 11) is 2.78. The number of esters is 1. The predicted octanol–water partition coefficient (Wildman–Crippen LogP) is 4.73. The van der Waals surface area contributed by atoms with Gasteiger partial charge in [-0.25, -0.2) is 14.5 Å². The number of ether oxygens (including phenoxy) is 2. The van der Waals surface area contributed by atoms with Gasteiger partial charge in [-0.2, -0.15) is 5.10 Å². The zero-order chi connectivity index (χ0) is 23.5. The van der Waals surface area contributed by atoms with Crippen LogP contribution < -0.4 is 10.1 Å². The molecule has 8 heteroatoms. The molecule has 33 heavy (non-hydrogen) atoms. The average molecular weight is 444 g/mol. The first kappa shape index (κ1) is 22.0. The summed E-state index contributed by atoms with van der Waals surface area (Å²) in [6.45, 7) is 4.01. The number of carbonyl (C=O) groups excluding carboxylic acids is 2. The van der Waals surface area contributed by atoms with Gasteiger partial charge in [0, 0.05) is 11.6 Å². The van der Waals surface area contributed by atoms with Gasteiger partial charge >= 0.3 is 5.97 Å². The average Bonchev–Trinajstić information content (AvgIpc) is 3.28. The van der Waals surface area contributed by atoms with Crippen molar-refractivity contribution in [3.8, 4) is 17.0 Å². The Balaban J connectivity index is 1.83. The van der Waals surface area contributed by atoms with Gasteiger partial charge in [0.1, 0.15) is 5.75 Å². The molecule has 0 unspecified atom stereocenters. The van der Waals surface area contributed by atoms with Crippen LogP contribution >= 0.6 is 0 Å². The van der Waals surface area contributed by atoms with Gasteiger partial charge in [-0.3, -0.25) is 4.79 Å². The van der Waals surface area contributed by atoms with Crippen LogP contribution in [0.15, 0.2) is 60.8 Å².